The summed E-state index contributed by atoms with van der Waals surface area (Å²) >= 11 is 0. The van der Waals surface area contributed by atoms with Gasteiger partial charge < -0.3 is 19.0 Å². The van der Waals surface area contributed by atoms with Gasteiger partial charge in [0.1, 0.15) is 29.6 Å². The molecule has 3 rings (SSSR count). The van der Waals surface area contributed by atoms with Crippen molar-refractivity contribution >= 4 is 11.8 Å². The van der Waals surface area contributed by atoms with Crippen LogP contribution in [0.3, 0.4) is 0 Å². The molecule has 0 bridgehead atoms. The van der Waals surface area contributed by atoms with E-state index in [1.807, 2.05) is 32.9 Å². The fourth-order valence-electron chi connectivity index (χ4n) is 3.46. The third-order valence-corrected chi connectivity index (χ3v) is 5.29. The van der Waals surface area contributed by atoms with Crippen LogP contribution in [0.4, 0.5) is 4.39 Å². The molecule has 0 radical (unpaired) electrons. The molecule has 0 saturated carbocycles. The van der Waals surface area contributed by atoms with Gasteiger partial charge in [-0.3, -0.25) is 9.59 Å². The average molecular weight is 453 g/mol. The first kappa shape index (κ1) is 24.0. The third-order valence-electron chi connectivity index (χ3n) is 5.29. The fraction of sp³-hybridized carbons (Fsp3) is 0.308. The van der Waals surface area contributed by atoms with E-state index < -0.39 is 0 Å². The Hall–Kier alpha value is -3.61. The molecular weight excluding hydrogens is 423 g/mol. The van der Waals surface area contributed by atoms with Crippen LogP contribution in [0.25, 0.3) is 0 Å². The Morgan fingerprint density at radius 2 is 1.76 bits per heavy atom. The summed E-state index contributed by atoms with van der Waals surface area (Å²) in [6, 6.07) is 16.3. The van der Waals surface area contributed by atoms with Gasteiger partial charge in [0.25, 0.3) is 5.91 Å². The second kappa shape index (κ2) is 10.8. The first-order chi connectivity index (χ1) is 15.8. The van der Waals surface area contributed by atoms with Crippen LogP contribution in [0.5, 0.6) is 5.75 Å². The van der Waals surface area contributed by atoms with Crippen molar-refractivity contribution in [1.29, 1.82) is 0 Å². The summed E-state index contributed by atoms with van der Waals surface area (Å²) < 4.78 is 24.2. The Morgan fingerprint density at radius 3 is 2.36 bits per heavy atom. The molecule has 33 heavy (non-hydrogen) atoms. The lowest BCUT2D eigenvalue weighted by Crippen LogP contribution is -2.45. The minimum absolute atomic E-state index is 0.103. The zero-order chi connectivity index (χ0) is 24.0. The van der Waals surface area contributed by atoms with Gasteiger partial charge in [-0.15, -0.1) is 0 Å². The Morgan fingerprint density at radius 1 is 1.03 bits per heavy atom. The smallest absolute Gasteiger partial charge is 0.254 e. The predicted molar refractivity (Wildman–Crippen MR) is 123 cm³/mol. The van der Waals surface area contributed by atoms with Gasteiger partial charge in [-0.05, 0) is 68.8 Å². The minimum atomic E-state index is -0.340. The summed E-state index contributed by atoms with van der Waals surface area (Å²) in [5, 5.41) is 0. The SMILES string of the molecule is COc1cccc(C(=O)N(CC(=O)N(Cc2ccc(F)cc2)Cc2ccc(C)o2)C(C)C)c1. The molecule has 0 aliphatic carbocycles. The molecule has 7 heteroatoms. The van der Waals surface area contributed by atoms with E-state index in [2.05, 4.69) is 0 Å². The van der Waals surface area contributed by atoms with E-state index in [1.54, 1.807) is 41.3 Å². The molecule has 2 amide bonds. The Bertz CT molecular complexity index is 1090. The molecule has 0 aliphatic heterocycles. The molecule has 6 nitrogen and oxygen atoms in total. The standard InChI is InChI=1S/C26H29FN2O4/c1-18(2)29(26(31)21-6-5-7-23(14-21)32-4)17-25(30)28(16-24-13-8-19(3)33-24)15-20-9-11-22(27)12-10-20/h5-14,18H,15-17H2,1-4H3. The van der Waals surface area contributed by atoms with Crippen molar-refractivity contribution in [3.63, 3.8) is 0 Å². The van der Waals surface area contributed by atoms with Crippen LogP contribution in [0, 0.1) is 12.7 Å². The van der Waals surface area contributed by atoms with Gasteiger partial charge in [0.2, 0.25) is 5.91 Å². The molecule has 0 fully saturated rings. The number of hydrogen-bond acceptors (Lipinski definition) is 4. The number of amides is 2. The largest absolute Gasteiger partial charge is 0.497 e. The number of ether oxygens (including phenoxy) is 1. The van der Waals surface area contributed by atoms with E-state index in [0.717, 1.165) is 11.3 Å². The van der Waals surface area contributed by atoms with Crippen LogP contribution in [-0.4, -0.2) is 41.3 Å². The van der Waals surface area contributed by atoms with Crippen molar-refractivity contribution in [2.45, 2.75) is 39.9 Å². The molecule has 3 aromatic rings. The molecule has 0 saturated heterocycles. The molecule has 174 valence electrons. The lowest BCUT2D eigenvalue weighted by atomic mass is 10.1. The van der Waals surface area contributed by atoms with Crippen LogP contribution in [0.15, 0.2) is 65.1 Å². The molecule has 2 aromatic carbocycles. The van der Waals surface area contributed by atoms with Crippen LogP contribution in [-0.2, 0) is 17.9 Å². The zero-order valence-corrected chi connectivity index (χ0v) is 19.4. The van der Waals surface area contributed by atoms with Gasteiger partial charge in [-0.25, -0.2) is 4.39 Å². The van der Waals surface area contributed by atoms with Crippen molar-refractivity contribution in [2.75, 3.05) is 13.7 Å². The van der Waals surface area contributed by atoms with E-state index in [1.165, 1.54) is 24.1 Å². The van der Waals surface area contributed by atoms with Crippen molar-refractivity contribution in [1.82, 2.24) is 9.80 Å². The molecule has 0 unspecified atom stereocenters. The highest BCUT2D eigenvalue weighted by molar-refractivity contribution is 5.97. The molecule has 0 aliphatic rings. The summed E-state index contributed by atoms with van der Waals surface area (Å²) in [6.45, 7) is 5.97. The number of nitrogens with zero attached hydrogens (tertiary/aromatic N) is 2. The maximum atomic E-state index is 13.4. The summed E-state index contributed by atoms with van der Waals surface area (Å²) in [4.78, 5) is 29.7. The van der Waals surface area contributed by atoms with Crippen LogP contribution < -0.4 is 4.74 Å². The number of aryl methyl sites for hydroxylation is 1. The Kier molecular flexibility index (Phi) is 7.87. The zero-order valence-electron chi connectivity index (χ0n) is 19.4. The molecule has 0 N–H and O–H groups in total. The lowest BCUT2D eigenvalue weighted by molar-refractivity contribution is -0.133. The summed E-state index contributed by atoms with van der Waals surface area (Å²) in [5.74, 6) is 1.12. The monoisotopic (exact) mass is 452 g/mol. The average Bonchev–Trinajstić information content (AvgIpc) is 3.22. The van der Waals surface area contributed by atoms with Gasteiger partial charge >= 0.3 is 0 Å². The van der Waals surface area contributed by atoms with Gasteiger partial charge in [-0.2, -0.15) is 0 Å². The van der Waals surface area contributed by atoms with Crippen molar-refractivity contribution in [3.8, 4) is 5.75 Å². The van der Waals surface area contributed by atoms with Gasteiger partial charge in [-0.1, -0.05) is 18.2 Å². The number of carbonyl (C=O) groups is 2. The topological polar surface area (TPSA) is 63.0 Å². The predicted octanol–water partition coefficient (Wildman–Crippen LogP) is 4.82. The number of hydrogen-bond donors (Lipinski definition) is 0. The number of rotatable bonds is 9. The minimum Gasteiger partial charge on any atom is -0.497 e. The van der Waals surface area contributed by atoms with Crippen LogP contribution in [0.1, 0.15) is 41.3 Å². The van der Waals surface area contributed by atoms with Crippen molar-refractivity contribution in [3.05, 3.63) is 89.1 Å². The van der Waals surface area contributed by atoms with Crippen LogP contribution in [0.2, 0.25) is 0 Å². The normalized spacial score (nSPS) is 10.8. The number of carbonyl (C=O) groups excluding carboxylic acids is 2. The highest BCUT2D eigenvalue weighted by Gasteiger charge is 2.25. The summed E-state index contributed by atoms with van der Waals surface area (Å²) in [6.07, 6.45) is 0. The number of methoxy groups -OCH3 is 1. The molecule has 0 spiro atoms. The maximum Gasteiger partial charge on any atom is 0.254 e. The third kappa shape index (κ3) is 6.44. The van der Waals surface area contributed by atoms with E-state index in [0.29, 0.717) is 17.1 Å². The fourth-order valence-corrected chi connectivity index (χ4v) is 3.46. The van der Waals surface area contributed by atoms with Crippen LogP contribution >= 0.6 is 0 Å². The Labute approximate surface area is 193 Å². The van der Waals surface area contributed by atoms with Gasteiger partial charge in [0.05, 0.1) is 13.7 Å². The highest BCUT2D eigenvalue weighted by atomic mass is 19.1. The summed E-state index contributed by atoms with van der Waals surface area (Å²) in [7, 11) is 1.54. The quantitative estimate of drug-likeness (QED) is 0.467. The first-order valence-electron chi connectivity index (χ1n) is 10.8. The van der Waals surface area contributed by atoms with Gasteiger partial charge in [0, 0.05) is 18.2 Å². The van der Waals surface area contributed by atoms with Gasteiger partial charge in [0.15, 0.2) is 0 Å². The molecule has 1 heterocycles. The number of benzene rings is 2. The maximum absolute atomic E-state index is 13.4. The van der Waals surface area contributed by atoms with E-state index in [-0.39, 0.29) is 43.3 Å². The first-order valence-corrected chi connectivity index (χ1v) is 10.8. The second-order valence-electron chi connectivity index (χ2n) is 8.15. The number of halogens is 1. The highest BCUT2D eigenvalue weighted by Crippen LogP contribution is 2.18. The van der Waals surface area contributed by atoms with E-state index in [9.17, 15) is 14.0 Å². The molecule has 0 atom stereocenters. The lowest BCUT2D eigenvalue weighted by Gasteiger charge is -2.30. The van der Waals surface area contributed by atoms with Crippen molar-refractivity contribution in [2.24, 2.45) is 0 Å². The number of furan rings is 1. The Balaban J connectivity index is 1.82. The van der Waals surface area contributed by atoms with E-state index >= 15 is 0 Å². The molecular formula is C26H29FN2O4. The van der Waals surface area contributed by atoms with Crippen molar-refractivity contribution < 1.29 is 23.1 Å². The van der Waals surface area contributed by atoms with E-state index in [4.69, 9.17) is 9.15 Å². The molecule has 1 aromatic heterocycles. The second-order valence-corrected chi connectivity index (χ2v) is 8.15. The summed E-state index contributed by atoms with van der Waals surface area (Å²) in [5.41, 5.74) is 1.23.